The van der Waals surface area contributed by atoms with Gasteiger partial charge in [0.25, 0.3) is 11.8 Å². The summed E-state index contributed by atoms with van der Waals surface area (Å²) in [5.74, 6) is -0.787. The van der Waals surface area contributed by atoms with Gasteiger partial charge in [0, 0.05) is 24.6 Å². The van der Waals surface area contributed by atoms with E-state index < -0.39 is 11.7 Å². The Morgan fingerprint density at radius 2 is 1.69 bits per heavy atom. The number of anilines is 1. The molecular weight excluding hydrogens is 391 g/mol. The van der Waals surface area contributed by atoms with Gasteiger partial charge in [-0.25, -0.2) is 4.39 Å². The molecule has 0 radical (unpaired) electrons. The summed E-state index contributed by atoms with van der Waals surface area (Å²) in [6.07, 6.45) is 1.53. The molecule has 1 aromatic heterocycles. The minimum atomic E-state index is -0.499. The van der Waals surface area contributed by atoms with Gasteiger partial charge < -0.3 is 10.2 Å². The highest BCUT2D eigenvalue weighted by molar-refractivity contribution is 7.13. The second-order valence-corrected chi connectivity index (χ2v) is 7.82. The Hall–Kier alpha value is -3.13. The van der Waals surface area contributed by atoms with Gasteiger partial charge in [-0.2, -0.15) is 0 Å². The first-order valence-corrected chi connectivity index (χ1v) is 10.2. The van der Waals surface area contributed by atoms with Gasteiger partial charge in [0.2, 0.25) is 5.01 Å². The molecule has 1 aliphatic rings. The Kier molecular flexibility index (Phi) is 5.62. The van der Waals surface area contributed by atoms with E-state index in [1.165, 1.54) is 23.5 Å². The predicted octanol–water partition coefficient (Wildman–Crippen LogP) is 3.95. The topological polar surface area (TPSA) is 75.2 Å². The van der Waals surface area contributed by atoms with Crippen LogP contribution in [0.2, 0.25) is 0 Å². The van der Waals surface area contributed by atoms with E-state index >= 15 is 0 Å². The van der Waals surface area contributed by atoms with Crippen LogP contribution in [0.15, 0.2) is 54.6 Å². The number of carbonyl (C=O) groups excluding carboxylic acids is 2. The lowest BCUT2D eigenvalue weighted by Gasteiger charge is -2.31. The molecule has 3 aromatic rings. The van der Waals surface area contributed by atoms with Crippen molar-refractivity contribution in [2.45, 2.75) is 18.8 Å². The smallest absolute Gasteiger partial charge is 0.286 e. The van der Waals surface area contributed by atoms with E-state index in [-0.39, 0.29) is 22.5 Å². The number of hydrogen-bond donors (Lipinski definition) is 1. The number of likely N-dealkylation sites (tertiary alicyclic amines) is 1. The molecule has 6 nitrogen and oxygen atoms in total. The first kappa shape index (κ1) is 19.2. The van der Waals surface area contributed by atoms with Gasteiger partial charge in [-0.15, -0.1) is 10.2 Å². The number of halogens is 1. The van der Waals surface area contributed by atoms with Crippen molar-refractivity contribution in [2.75, 3.05) is 18.4 Å². The van der Waals surface area contributed by atoms with E-state index in [1.807, 2.05) is 35.2 Å². The summed E-state index contributed by atoms with van der Waals surface area (Å²) in [5.41, 5.74) is 0.802. The normalized spacial score (nSPS) is 14.6. The molecule has 4 rings (SSSR count). The summed E-state index contributed by atoms with van der Waals surface area (Å²) in [5, 5.41) is 11.6. The molecule has 0 spiro atoms. The molecule has 2 aromatic carbocycles. The van der Waals surface area contributed by atoms with Crippen LogP contribution in [0, 0.1) is 5.82 Å². The Labute approximate surface area is 171 Å². The minimum Gasteiger partial charge on any atom is -0.339 e. The highest BCUT2D eigenvalue weighted by Gasteiger charge is 2.27. The molecule has 148 valence electrons. The number of rotatable bonds is 4. The van der Waals surface area contributed by atoms with Crippen molar-refractivity contribution in [3.63, 3.8) is 0 Å². The number of hydrogen-bond acceptors (Lipinski definition) is 5. The fourth-order valence-corrected chi connectivity index (χ4v) is 4.23. The summed E-state index contributed by atoms with van der Waals surface area (Å²) in [6, 6.07) is 15.2. The third-order valence-corrected chi connectivity index (χ3v) is 5.99. The average Bonchev–Trinajstić information content (AvgIpc) is 3.26. The zero-order chi connectivity index (χ0) is 20.2. The zero-order valence-electron chi connectivity index (χ0n) is 15.5. The third-order valence-electron chi connectivity index (χ3n) is 4.91. The number of aromatic nitrogens is 2. The highest BCUT2D eigenvalue weighted by Crippen LogP contribution is 2.31. The molecule has 0 saturated carbocycles. The third kappa shape index (κ3) is 4.32. The van der Waals surface area contributed by atoms with Gasteiger partial charge in [-0.3, -0.25) is 9.59 Å². The molecule has 0 aliphatic carbocycles. The van der Waals surface area contributed by atoms with Gasteiger partial charge in [0.1, 0.15) is 10.8 Å². The second-order valence-electron chi connectivity index (χ2n) is 6.81. The van der Waals surface area contributed by atoms with E-state index in [0.717, 1.165) is 17.8 Å². The van der Waals surface area contributed by atoms with Crippen molar-refractivity contribution < 1.29 is 14.0 Å². The maximum atomic E-state index is 13.7. The summed E-state index contributed by atoms with van der Waals surface area (Å²) in [7, 11) is 0. The average molecular weight is 410 g/mol. The van der Waals surface area contributed by atoms with Crippen LogP contribution in [0.5, 0.6) is 0 Å². The molecule has 8 heteroatoms. The van der Waals surface area contributed by atoms with E-state index in [9.17, 15) is 14.0 Å². The van der Waals surface area contributed by atoms with Gasteiger partial charge in [0.15, 0.2) is 0 Å². The SMILES string of the molecule is O=C(Nc1ccccc1F)c1nnc(C2CCN(C(=O)c3ccccc3)CC2)s1. The fourth-order valence-electron chi connectivity index (χ4n) is 3.32. The number of para-hydroxylation sites is 1. The minimum absolute atomic E-state index is 0.0336. The summed E-state index contributed by atoms with van der Waals surface area (Å²) in [6.45, 7) is 1.27. The quantitative estimate of drug-likeness (QED) is 0.707. The van der Waals surface area contributed by atoms with Gasteiger partial charge in [-0.1, -0.05) is 41.7 Å². The van der Waals surface area contributed by atoms with Gasteiger partial charge in [-0.05, 0) is 37.1 Å². The lowest BCUT2D eigenvalue weighted by molar-refractivity contribution is 0.0712. The molecule has 0 unspecified atom stereocenters. The molecule has 2 amide bonds. The summed E-state index contributed by atoms with van der Waals surface area (Å²) < 4.78 is 13.7. The van der Waals surface area contributed by atoms with Crippen molar-refractivity contribution in [1.29, 1.82) is 0 Å². The summed E-state index contributed by atoms with van der Waals surface area (Å²) >= 11 is 1.22. The van der Waals surface area contributed by atoms with Crippen molar-refractivity contribution in [3.05, 3.63) is 76.0 Å². The van der Waals surface area contributed by atoms with Crippen molar-refractivity contribution in [2.24, 2.45) is 0 Å². The Bertz CT molecular complexity index is 1020. The first-order valence-electron chi connectivity index (χ1n) is 9.35. The van der Waals surface area contributed by atoms with Crippen LogP contribution >= 0.6 is 11.3 Å². The van der Waals surface area contributed by atoms with Gasteiger partial charge in [0.05, 0.1) is 5.69 Å². The van der Waals surface area contributed by atoms with Crippen molar-refractivity contribution in [3.8, 4) is 0 Å². The number of benzene rings is 2. The summed E-state index contributed by atoms with van der Waals surface area (Å²) in [4.78, 5) is 26.7. The first-order chi connectivity index (χ1) is 14.1. The molecule has 1 aliphatic heterocycles. The van der Waals surface area contributed by atoms with E-state index in [2.05, 4.69) is 15.5 Å². The Morgan fingerprint density at radius 1 is 1.00 bits per heavy atom. The predicted molar refractivity (Wildman–Crippen MR) is 109 cm³/mol. The monoisotopic (exact) mass is 410 g/mol. The molecule has 1 fully saturated rings. The molecule has 1 saturated heterocycles. The lowest BCUT2D eigenvalue weighted by Crippen LogP contribution is -2.37. The standard InChI is InChI=1S/C21H19FN4O2S/c22-16-8-4-5-9-17(16)23-18(27)20-25-24-19(29-20)14-10-12-26(13-11-14)21(28)15-6-2-1-3-7-15/h1-9,14H,10-13H2,(H,23,27). The van der Waals surface area contributed by atoms with Crippen LogP contribution in [-0.4, -0.2) is 40.0 Å². The van der Waals surface area contributed by atoms with E-state index in [0.29, 0.717) is 18.7 Å². The van der Waals surface area contributed by atoms with Crippen LogP contribution in [0.25, 0.3) is 0 Å². The number of carbonyl (C=O) groups is 2. The number of nitrogens with zero attached hydrogens (tertiary/aromatic N) is 3. The molecular formula is C21H19FN4O2S. The van der Waals surface area contributed by atoms with E-state index in [4.69, 9.17) is 0 Å². The molecule has 0 atom stereocenters. The van der Waals surface area contributed by atoms with Crippen molar-refractivity contribution in [1.82, 2.24) is 15.1 Å². The highest BCUT2D eigenvalue weighted by atomic mass is 32.1. The van der Waals surface area contributed by atoms with Crippen LogP contribution in [0.4, 0.5) is 10.1 Å². The number of nitrogens with one attached hydrogen (secondary N) is 1. The van der Waals surface area contributed by atoms with E-state index in [1.54, 1.807) is 12.1 Å². The van der Waals surface area contributed by atoms with Gasteiger partial charge >= 0.3 is 0 Å². The van der Waals surface area contributed by atoms with Crippen LogP contribution in [0.3, 0.4) is 0 Å². The van der Waals surface area contributed by atoms with Crippen LogP contribution < -0.4 is 5.32 Å². The molecule has 29 heavy (non-hydrogen) atoms. The fraction of sp³-hybridized carbons (Fsp3) is 0.238. The Balaban J connectivity index is 1.36. The largest absolute Gasteiger partial charge is 0.339 e. The zero-order valence-corrected chi connectivity index (χ0v) is 16.4. The maximum absolute atomic E-state index is 13.7. The number of amides is 2. The molecule has 0 bridgehead atoms. The Morgan fingerprint density at radius 3 is 2.41 bits per heavy atom. The van der Waals surface area contributed by atoms with Crippen molar-refractivity contribution >= 4 is 28.8 Å². The van der Waals surface area contributed by atoms with Crippen LogP contribution in [-0.2, 0) is 0 Å². The lowest BCUT2D eigenvalue weighted by atomic mass is 9.97. The number of piperidine rings is 1. The maximum Gasteiger partial charge on any atom is 0.286 e. The second kappa shape index (κ2) is 8.48. The molecule has 2 heterocycles. The molecule has 1 N–H and O–H groups in total. The van der Waals surface area contributed by atoms with Crippen LogP contribution in [0.1, 0.15) is 43.9 Å².